The van der Waals surface area contributed by atoms with Gasteiger partial charge in [-0.3, -0.25) is 0 Å². The number of thiazole rings is 1. The van der Waals surface area contributed by atoms with Gasteiger partial charge < -0.3 is 11.1 Å². The van der Waals surface area contributed by atoms with Crippen molar-refractivity contribution in [2.45, 2.75) is 26.8 Å². The van der Waals surface area contributed by atoms with E-state index in [1.54, 1.807) is 23.5 Å². The van der Waals surface area contributed by atoms with Crippen LogP contribution in [-0.2, 0) is 0 Å². The standard InChI is InChI=1S/C14H16FN3S2/c1-7-13(20-9(3)17-7)8(2)18-11-6-4-5-10(15)12(11)14(16)19/h4-6,8,18H,1-3H3,(H2,16,19). The molecule has 2 rings (SSSR count). The fourth-order valence-electron chi connectivity index (χ4n) is 2.14. The minimum Gasteiger partial charge on any atom is -0.389 e. The highest BCUT2D eigenvalue weighted by molar-refractivity contribution is 7.80. The maximum absolute atomic E-state index is 13.8. The number of nitrogens with two attached hydrogens (primary N) is 1. The van der Waals surface area contributed by atoms with E-state index in [1.807, 2.05) is 20.8 Å². The van der Waals surface area contributed by atoms with E-state index in [-0.39, 0.29) is 16.6 Å². The molecule has 1 heterocycles. The fourth-order valence-corrected chi connectivity index (χ4v) is 3.28. The lowest BCUT2D eigenvalue weighted by Gasteiger charge is -2.17. The first-order valence-corrected chi connectivity index (χ1v) is 7.41. The lowest BCUT2D eigenvalue weighted by molar-refractivity contribution is 0.625. The summed E-state index contributed by atoms with van der Waals surface area (Å²) in [4.78, 5) is 5.58. The summed E-state index contributed by atoms with van der Waals surface area (Å²) in [5.41, 5.74) is 7.46. The number of aromatic nitrogens is 1. The maximum Gasteiger partial charge on any atom is 0.135 e. The molecule has 0 amide bonds. The van der Waals surface area contributed by atoms with Gasteiger partial charge in [0.25, 0.3) is 0 Å². The molecule has 3 nitrogen and oxygen atoms in total. The predicted octanol–water partition coefficient (Wildman–Crippen LogP) is 3.71. The molecule has 0 aliphatic rings. The zero-order valence-corrected chi connectivity index (χ0v) is 13.2. The summed E-state index contributed by atoms with van der Waals surface area (Å²) in [6.45, 7) is 5.95. The zero-order valence-electron chi connectivity index (χ0n) is 11.5. The van der Waals surface area contributed by atoms with Crippen molar-refractivity contribution in [1.29, 1.82) is 0 Å². The second-order valence-electron chi connectivity index (χ2n) is 4.58. The Morgan fingerprint density at radius 1 is 1.45 bits per heavy atom. The molecule has 1 aromatic carbocycles. The van der Waals surface area contributed by atoms with Gasteiger partial charge in [0.15, 0.2) is 0 Å². The highest BCUT2D eigenvalue weighted by Gasteiger charge is 2.16. The number of halogens is 1. The summed E-state index contributed by atoms with van der Waals surface area (Å²) in [6, 6.07) is 4.77. The van der Waals surface area contributed by atoms with E-state index in [2.05, 4.69) is 10.3 Å². The van der Waals surface area contributed by atoms with Gasteiger partial charge >= 0.3 is 0 Å². The van der Waals surface area contributed by atoms with Crippen LogP contribution >= 0.6 is 23.6 Å². The van der Waals surface area contributed by atoms with Gasteiger partial charge in [-0.15, -0.1) is 11.3 Å². The second-order valence-corrected chi connectivity index (χ2v) is 6.25. The van der Waals surface area contributed by atoms with Crippen molar-refractivity contribution in [3.63, 3.8) is 0 Å². The Kier molecular flexibility index (Phi) is 4.35. The molecule has 106 valence electrons. The average molecular weight is 309 g/mol. The Bertz CT molecular complexity index is 652. The van der Waals surface area contributed by atoms with Crippen LogP contribution in [0.1, 0.15) is 34.1 Å². The first kappa shape index (κ1) is 14.9. The second kappa shape index (κ2) is 5.85. The normalized spacial score (nSPS) is 12.2. The molecule has 2 aromatic rings. The lowest BCUT2D eigenvalue weighted by Crippen LogP contribution is -2.16. The minimum atomic E-state index is -0.410. The smallest absolute Gasteiger partial charge is 0.135 e. The monoisotopic (exact) mass is 309 g/mol. The van der Waals surface area contributed by atoms with Gasteiger partial charge in [-0.05, 0) is 32.9 Å². The number of anilines is 1. The summed E-state index contributed by atoms with van der Waals surface area (Å²) in [7, 11) is 0. The third kappa shape index (κ3) is 2.96. The number of hydrogen-bond acceptors (Lipinski definition) is 4. The zero-order chi connectivity index (χ0) is 14.9. The Balaban J connectivity index is 2.33. The van der Waals surface area contributed by atoms with Crippen molar-refractivity contribution in [3.8, 4) is 0 Å². The summed E-state index contributed by atoms with van der Waals surface area (Å²) in [6.07, 6.45) is 0. The van der Waals surface area contributed by atoms with Crippen molar-refractivity contribution in [3.05, 3.63) is 45.2 Å². The van der Waals surface area contributed by atoms with E-state index in [1.165, 1.54) is 6.07 Å². The van der Waals surface area contributed by atoms with Crippen LogP contribution in [0.15, 0.2) is 18.2 Å². The van der Waals surface area contributed by atoms with Crippen LogP contribution in [0.5, 0.6) is 0 Å². The van der Waals surface area contributed by atoms with E-state index >= 15 is 0 Å². The van der Waals surface area contributed by atoms with E-state index in [9.17, 15) is 4.39 Å². The van der Waals surface area contributed by atoms with Crippen molar-refractivity contribution in [2.75, 3.05) is 5.32 Å². The van der Waals surface area contributed by atoms with E-state index < -0.39 is 5.82 Å². The minimum absolute atomic E-state index is 0.0103. The van der Waals surface area contributed by atoms with Crippen LogP contribution in [0.3, 0.4) is 0 Å². The molecular formula is C14H16FN3S2. The van der Waals surface area contributed by atoms with Crippen LogP contribution in [0, 0.1) is 19.7 Å². The topological polar surface area (TPSA) is 50.9 Å². The van der Waals surface area contributed by atoms with Crippen LogP contribution in [0.25, 0.3) is 0 Å². The molecule has 0 spiro atoms. The number of benzene rings is 1. The highest BCUT2D eigenvalue weighted by Crippen LogP contribution is 2.29. The first-order chi connectivity index (χ1) is 9.40. The van der Waals surface area contributed by atoms with Crippen molar-refractivity contribution >= 4 is 34.2 Å². The quantitative estimate of drug-likeness (QED) is 0.845. The van der Waals surface area contributed by atoms with Gasteiger partial charge in [0.2, 0.25) is 0 Å². The Labute approximate surface area is 127 Å². The third-order valence-corrected chi connectivity index (χ3v) is 4.42. The Morgan fingerprint density at radius 3 is 2.70 bits per heavy atom. The number of nitrogens with zero attached hydrogens (tertiary/aromatic N) is 1. The molecule has 6 heteroatoms. The van der Waals surface area contributed by atoms with Crippen molar-refractivity contribution in [2.24, 2.45) is 5.73 Å². The summed E-state index contributed by atoms with van der Waals surface area (Å²) in [5.74, 6) is -0.410. The van der Waals surface area contributed by atoms with E-state index in [4.69, 9.17) is 18.0 Å². The molecular weight excluding hydrogens is 293 g/mol. The molecule has 1 atom stereocenters. The molecule has 0 radical (unpaired) electrons. The molecule has 0 aliphatic carbocycles. The third-order valence-electron chi connectivity index (χ3n) is 2.96. The predicted molar refractivity (Wildman–Crippen MR) is 85.9 cm³/mol. The maximum atomic E-state index is 13.8. The largest absolute Gasteiger partial charge is 0.389 e. The Hall–Kier alpha value is -1.53. The van der Waals surface area contributed by atoms with Gasteiger partial charge in [0.05, 0.1) is 22.3 Å². The molecule has 0 aliphatic heterocycles. The van der Waals surface area contributed by atoms with Gasteiger partial charge in [-0.1, -0.05) is 18.3 Å². The van der Waals surface area contributed by atoms with E-state index in [0.29, 0.717) is 5.69 Å². The SMILES string of the molecule is Cc1nc(C)c(C(C)Nc2cccc(F)c2C(N)=S)s1. The highest BCUT2D eigenvalue weighted by atomic mass is 32.1. The van der Waals surface area contributed by atoms with Crippen LogP contribution < -0.4 is 11.1 Å². The summed E-state index contributed by atoms with van der Waals surface area (Å²) in [5, 5.41) is 4.28. The van der Waals surface area contributed by atoms with Crippen LogP contribution in [0.2, 0.25) is 0 Å². The lowest BCUT2D eigenvalue weighted by atomic mass is 10.1. The first-order valence-electron chi connectivity index (χ1n) is 6.19. The van der Waals surface area contributed by atoms with Crippen LogP contribution in [0.4, 0.5) is 10.1 Å². The number of hydrogen-bond donors (Lipinski definition) is 2. The van der Waals surface area contributed by atoms with Gasteiger partial charge in [0, 0.05) is 10.6 Å². The molecule has 1 aromatic heterocycles. The number of rotatable bonds is 4. The molecule has 0 fully saturated rings. The molecule has 1 unspecified atom stereocenters. The van der Waals surface area contributed by atoms with Gasteiger partial charge in [0.1, 0.15) is 10.8 Å². The molecule has 0 bridgehead atoms. The number of aryl methyl sites for hydroxylation is 2. The molecule has 3 N–H and O–H groups in total. The van der Waals surface area contributed by atoms with E-state index in [0.717, 1.165) is 15.6 Å². The summed E-state index contributed by atoms with van der Waals surface area (Å²) >= 11 is 6.55. The van der Waals surface area contributed by atoms with Crippen molar-refractivity contribution < 1.29 is 4.39 Å². The van der Waals surface area contributed by atoms with Crippen molar-refractivity contribution in [1.82, 2.24) is 4.98 Å². The number of nitrogens with one attached hydrogen (secondary N) is 1. The average Bonchev–Trinajstić information content (AvgIpc) is 2.68. The summed E-state index contributed by atoms with van der Waals surface area (Å²) < 4.78 is 13.8. The van der Waals surface area contributed by atoms with Gasteiger partial charge in [-0.25, -0.2) is 9.37 Å². The molecule has 0 saturated heterocycles. The molecule has 0 saturated carbocycles. The van der Waals surface area contributed by atoms with Gasteiger partial charge in [-0.2, -0.15) is 0 Å². The van der Waals surface area contributed by atoms with Crippen LogP contribution in [-0.4, -0.2) is 9.97 Å². The fraction of sp³-hybridized carbons (Fsp3) is 0.286. The molecule has 20 heavy (non-hydrogen) atoms. The Morgan fingerprint density at radius 2 is 2.15 bits per heavy atom. The number of thiocarbonyl (C=S) groups is 1.